The number of benzene rings is 2. The molecular weight excluding hydrogens is 392 g/mol. The second-order valence-corrected chi connectivity index (χ2v) is 7.83. The molecule has 0 spiro atoms. The van der Waals surface area contributed by atoms with Gasteiger partial charge in [0, 0.05) is 16.0 Å². The lowest BCUT2D eigenvalue weighted by molar-refractivity contribution is 0.112. The molecule has 3 aromatic rings. The minimum atomic E-state index is 0.655. The van der Waals surface area contributed by atoms with Gasteiger partial charge in [0.2, 0.25) is 0 Å². The van der Waals surface area contributed by atoms with Gasteiger partial charge in [-0.05, 0) is 73.0 Å². The van der Waals surface area contributed by atoms with Crippen LogP contribution in [0.1, 0.15) is 35.2 Å². The summed E-state index contributed by atoms with van der Waals surface area (Å²) in [5.74, 6) is 1.54. The van der Waals surface area contributed by atoms with Gasteiger partial charge in [-0.1, -0.05) is 23.7 Å². The first-order valence-electron chi connectivity index (χ1n) is 9.29. The Morgan fingerprint density at radius 2 is 1.89 bits per heavy atom. The van der Waals surface area contributed by atoms with Crippen LogP contribution in [0.25, 0.3) is 10.4 Å². The van der Waals surface area contributed by atoms with Crippen molar-refractivity contribution in [1.82, 2.24) is 0 Å². The van der Waals surface area contributed by atoms with E-state index in [1.807, 2.05) is 41.8 Å². The molecule has 0 aliphatic rings. The first-order chi connectivity index (χ1) is 13.7. The average Bonchev–Trinajstić information content (AvgIpc) is 3.25. The highest BCUT2D eigenvalue weighted by Crippen LogP contribution is 2.34. The first kappa shape index (κ1) is 20.4. The molecule has 0 aliphatic carbocycles. The Balaban J connectivity index is 1.48. The number of ether oxygens (including phenoxy) is 2. The maximum absolute atomic E-state index is 11.1. The molecule has 0 radical (unpaired) electrons. The fourth-order valence-electron chi connectivity index (χ4n) is 3.03. The van der Waals surface area contributed by atoms with Gasteiger partial charge in [0.25, 0.3) is 0 Å². The zero-order valence-electron chi connectivity index (χ0n) is 15.8. The average molecular weight is 415 g/mol. The highest BCUT2D eigenvalue weighted by molar-refractivity contribution is 7.13. The van der Waals surface area contributed by atoms with Gasteiger partial charge >= 0.3 is 0 Å². The van der Waals surface area contributed by atoms with Crippen molar-refractivity contribution >= 4 is 29.2 Å². The third kappa shape index (κ3) is 5.37. The molecule has 0 saturated carbocycles. The maximum atomic E-state index is 11.1. The number of aryl methyl sites for hydroxylation is 1. The van der Waals surface area contributed by atoms with Crippen LogP contribution in [0.4, 0.5) is 0 Å². The summed E-state index contributed by atoms with van der Waals surface area (Å²) in [5.41, 5.74) is 2.86. The zero-order valence-corrected chi connectivity index (χ0v) is 17.4. The third-order valence-corrected chi connectivity index (χ3v) is 5.71. The van der Waals surface area contributed by atoms with Crippen LogP contribution in [0.3, 0.4) is 0 Å². The Morgan fingerprint density at radius 3 is 2.61 bits per heavy atom. The SMILES string of the molecule is COc1ccc(CCCCCOc2ccc(C=O)cc2-c2cccs2)cc1Cl. The number of halogens is 1. The van der Waals surface area contributed by atoms with E-state index in [4.69, 9.17) is 21.1 Å². The minimum Gasteiger partial charge on any atom is -0.495 e. The molecule has 1 aromatic heterocycles. The monoisotopic (exact) mass is 414 g/mol. The smallest absolute Gasteiger partial charge is 0.150 e. The number of carbonyl (C=O) groups is 1. The molecule has 28 heavy (non-hydrogen) atoms. The zero-order chi connectivity index (χ0) is 19.8. The molecule has 0 bridgehead atoms. The molecule has 3 nitrogen and oxygen atoms in total. The lowest BCUT2D eigenvalue weighted by Gasteiger charge is -2.11. The first-order valence-corrected chi connectivity index (χ1v) is 10.6. The standard InChI is InChI=1S/C23H23ClO3S/c1-26-22-11-8-17(15-20(22)24)6-3-2-4-12-27-21-10-9-18(16-25)14-19(21)23-7-5-13-28-23/h5,7-11,13-16H,2-4,6,12H2,1H3. The van der Waals surface area contributed by atoms with Gasteiger partial charge in [-0.2, -0.15) is 0 Å². The Kier molecular flexibility index (Phi) is 7.52. The van der Waals surface area contributed by atoms with Gasteiger partial charge in [0.1, 0.15) is 17.8 Å². The summed E-state index contributed by atoms with van der Waals surface area (Å²) in [6.45, 7) is 0.655. The van der Waals surface area contributed by atoms with Crippen molar-refractivity contribution in [3.05, 3.63) is 70.1 Å². The molecule has 2 aromatic carbocycles. The summed E-state index contributed by atoms with van der Waals surface area (Å²) in [6.07, 6.45) is 4.98. The number of hydrogen-bond acceptors (Lipinski definition) is 4. The molecule has 0 aliphatic heterocycles. The van der Waals surface area contributed by atoms with E-state index in [1.165, 1.54) is 5.56 Å². The number of hydrogen-bond donors (Lipinski definition) is 0. The number of carbonyl (C=O) groups excluding carboxylic acids is 1. The second-order valence-electron chi connectivity index (χ2n) is 6.48. The van der Waals surface area contributed by atoms with E-state index in [2.05, 4.69) is 6.07 Å². The normalized spacial score (nSPS) is 10.6. The van der Waals surface area contributed by atoms with Crippen molar-refractivity contribution in [2.75, 3.05) is 13.7 Å². The Bertz CT molecular complexity index is 906. The van der Waals surface area contributed by atoms with Crippen LogP contribution >= 0.6 is 22.9 Å². The third-order valence-electron chi connectivity index (χ3n) is 4.51. The topological polar surface area (TPSA) is 35.5 Å². The lowest BCUT2D eigenvalue weighted by atomic mass is 10.1. The molecule has 0 atom stereocenters. The Hall–Kier alpha value is -2.30. The molecule has 1 heterocycles. The predicted octanol–water partition coefficient (Wildman–Crippen LogP) is 6.68. The molecule has 0 unspecified atom stereocenters. The van der Waals surface area contributed by atoms with E-state index in [0.717, 1.165) is 48.2 Å². The van der Waals surface area contributed by atoms with Gasteiger partial charge in [-0.25, -0.2) is 0 Å². The van der Waals surface area contributed by atoms with Gasteiger partial charge < -0.3 is 9.47 Å². The molecule has 0 N–H and O–H groups in total. The van der Waals surface area contributed by atoms with Crippen molar-refractivity contribution in [3.63, 3.8) is 0 Å². The predicted molar refractivity (Wildman–Crippen MR) is 116 cm³/mol. The molecule has 5 heteroatoms. The Morgan fingerprint density at radius 1 is 1.04 bits per heavy atom. The minimum absolute atomic E-state index is 0.655. The lowest BCUT2D eigenvalue weighted by Crippen LogP contribution is -1.99. The molecule has 0 fully saturated rings. The highest BCUT2D eigenvalue weighted by Gasteiger charge is 2.09. The van der Waals surface area contributed by atoms with E-state index >= 15 is 0 Å². The van der Waals surface area contributed by atoms with Crippen LogP contribution in [0, 0.1) is 0 Å². The van der Waals surface area contributed by atoms with E-state index in [0.29, 0.717) is 22.9 Å². The van der Waals surface area contributed by atoms with E-state index < -0.39 is 0 Å². The van der Waals surface area contributed by atoms with Crippen LogP contribution in [-0.4, -0.2) is 20.0 Å². The molecular formula is C23H23ClO3S. The summed E-state index contributed by atoms with van der Waals surface area (Å²) in [4.78, 5) is 12.2. The van der Waals surface area contributed by atoms with E-state index in [1.54, 1.807) is 24.5 Å². The Labute approximate surface area is 174 Å². The summed E-state index contributed by atoms with van der Waals surface area (Å²) in [6, 6.07) is 15.6. The fraction of sp³-hybridized carbons (Fsp3) is 0.261. The maximum Gasteiger partial charge on any atom is 0.150 e. The number of methoxy groups -OCH3 is 1. The van der Waals surface area contributed by atoms with Crippen LogP contribution in [0.5, 0.6) is 11.5 Å². The van der Waals surface area contributed by atoms with Gasteiger partial charge in [-0.15, -0.1) is 11.3 Å². The summed E-state index contributed by atoms with van der Waals surface area (Å²) in [7, 11) is 1.62. The van der Waals surface area contributed by atoms with E-state index in [9.17, 15) is 4.79 Å². The van der Waals surface area contributed by atoms with Gasteiger partial charge in [-0.3, -0.25) is 4.79 Å². The molecule has 3 rings (SSSR count). The number of thiophene rings is 1. The van der Waals surface area contributed by atoms with Crippen LogP contribution in [0.2, 0.25) is 5.02 Å². The largest absolute Gasteiger partial charge is 0.495 e. The van der Waals surface area contributed by atoms with Crippen molar-refractivity contribution in [2.24, 2.45) is 0 Å². The van der Waals surface area contributed by atoms with Crippen LogP contribution in [-0.2, 0) is 6.42 Å². The van der Waals surface area contributed by atoms with Crippen molar-refractivity contribution in [2.45, 2.75) is 25.7 Å². The van der Waals surface area contributed by atoms with Gasteiger partial charge in [0.05, 0.1) is 18.7 Å². The number of unbranched alkanes of at least 4 members (excludes halogenated alkanes) is 2. The highest BCUT2D eigenvalue weighted by atomic mass is 35.5. The van der Waals surface area contributed by atoms with Crippen LogP contribution < -0.4 is 9.47 Å². The van der Waals surface area contributed by atoms with Crippen molar-refractivity contribution < 1.29 is 14.3 Å². The summed E-state index contributed by atoms with van der Waals surface area (Å²) < 4.78 is 11.2. The number of rotatable bonds is 10. The van der Waals surface area contributed by atoms with Crippen molar-refractivity contribution in [3.8, 4) is 21.9 Å². The fourth-order valence-corrected chi connectivity index (χ4v) is 4.05. The quantitative estimate of drug-likeness (QED) is 0.274. The van der Waals surface area contributed by atoms with Crippen LogP contribution in [0.15, 0.2) is 53.9 Å². The van der Waals surface area contributed by atoms with Crippen molar-refractivity contribution in [1.29, 1.82) is 0 Å². The molecule has 146 valence electrons. The van der Waals surface area contributed by atoms with Gasteiger partial charge in [0.15, 0.2) is 0 Å². The van der Waals surface area contributed by atoms with E-state index in [-0.39, 0.29) is 0 Å². The summed E-state index contributed by atoms with van der Waals surface area (Å²) in [5, 5.41) is 2.68. The molecule has 0 amide bonds. The summed E-state index contributed by atoms with van der Waals surface area (Å²) >= 11 is 7.82. The second kappa shape index (κ2) is 10.3. The number of aldehydes is 1. The molecule has 0 saturated heterocycles.